The quantitative estimate of drug-likeness (QED) is 0.0422. The lowest BCUT2D eigenvalue weighted by Gasteiger charge is -2.24. The number of nitrogens with one attached hydrogen (secondary N) is 2. The van der Waals surface area contributed by atoms with Gasteiger partial charge < -0.3 is 20.2 Å². The van der Waals surface area contributed by atoms with Crippen LogP contribution in [-0.4, -0.2) is 62.9 Å². The molecule has 2 N–H and O–H groups in total. The monoisotopic (exact) mass is 990 g/mol. The zero-order valence-electron chi connectivity index (χ0n) is 37.2. The maximum atomic E-state index is 14.0. The van der Waals surface area contributed by atoms with Crippen molar-refractivity contribution in [1.29, 1.82) is 0 Å². The highest BCUT2D eigenvalue weighted by molar-refractivity contribution is 7.33. The minimum Gasteiger partial charge on any atom is -0.365 e. The summed E-state index contributed by atoms with van der Waals surface area (Å²) in [6.07, 6.45) is 3.83. The molecule has 70 heavy (non-hydrogen) atoms. The molecule has 2 saturated carbocycles. The molecule has 2 aliphatic carbocycles. The summed E-state index contributed by atoms with van der Waals surface area (Å²) in [5.74, 6) is 3.26. The average molecular weight is 991 g/mol. The van der Waals surface area contributed by atoms with E-state index in [1.54, 1.807) is 33.7 Å². The molecule has 4 aromatic heterocycles. The fraction of sp³-hybridized carbons (Fsp3) is 0.391. The van der Waals surface area contributed by atoms with E-state index in [9.17, 15) is 40.5 Å². The molecule has 2 fully saturated rings. The van der Waals surface area contributed by atoms with Crippen LogP contribution in [0.2, 0.25) is 0 Å². The minimum absolute atomic E-state index is 0.0204. The Morgan fingerprint density at radius 2 is 1.09 bits per heavy atom. The van der Waals surface area contributed by atoms with E-state index in [4.69, 9.17) is 29.0 Å². The third kappa shape index (κ3) is 10.3. The van der Waals surface area contributed by atoms with Gasteiger partial charge in [-0.2, -0.15) is 36.5 Å². The van der Waals surface area contributed by atoms with Crippen molar-refractivity contribution in [2.24, 2.45) is 21.8 Å². The fourth-order valence-corrected chi connectivity index (χ4v) is 9.15. The van der Waals surface area contributed by atoms with Crippen molar-refractivity contribution < 1.29 is 49.5 Å². The number of nitrogens with zero attached hydrogens (tertiary/aromatic N) is 10. The Kier molecular flexibility index (Phi) is 12.9. The van der Waals surface area contributed by atoms with E-state index in [2.05, 4.69) is 20.8 Å². The number of aromatic nitrogens is 8. The lowest BCUT2D eigenvalue weighted by molar-refractivity contribution is -0.138. The molecular formula is C46H45F6N12O5P. The van der Waals surface area contributed by atoms with Crippen LogP contribution in [0, 0.1) is 11.8 Å². The highest BCUT2D eigenvalue weighted by Crippen LogP contribution is 2.44. The van der Waals surface area contributed by atoms with Crippen LogP contribution in [0.4, 0.5) is 38.0 Å². The van der Waals surface area contributed by atoms with Crippen LogP contribution >= 0.6 is 8.25 Å². The minimum atomic E-state index is -4.52. The molecule has 2 unspecified atom stereocenters. The number of aliphatic imine (C=N–C) groups is 2. The number of rotatable bonds is 20. The van der Waals surface area contributed by atoms with Gasteiger partial charge in [0.05, 0.1) is 59.8 Å². The molecule has 2 atom stereocenters. The van der Waals surface area contributed by atoms with E-state index < -0.39 is 43.8 Å². The predicted octanol–water partition coefficient (Wildman–Crippen LogP) is 9.11. The molecule has 366 valence electrons. The number of hydrogen-bond acceptors (Lipinski definition) is 13. The number of fused-ring (bicyclic) bond motifs is 2. The van der Waals surface area contributed by atoms with Crippen LogP contribution in [0.3, 0.4) is 0 Å². The van der Waals surface area contributed by atoms with Crippen molar-refractivity contribution in [2.75, 3.05) is 0 Å². The maximum absolute atomic E-state index is 14.0. The predicted molar refractivity (Wildman–Crippen MR) is 241 cm³/mol. The Labute approximate surface area is 396 Å². The topological polar surface area (TPSA) is 190 Å². The van der Waals surface area contributed by atoms with Gasteiger partial charge in [-0.05, 0) is 73.9 Å². The first-order valence-corrected chi connectivity index (χ1v) is 23.9. The largest absolute Gasteiger partial charge is 0.416 e. The van der Waals surface area contributed by atoms with Crippen LogP contribution in [0.1, 0.15) is 97.1 Å². The number of carbonyl (C=O) groups excluding carboxylic acids is 2. The van der Waals surface area contributed by atoms with Gasteiger partial charge in [-0.3, -0.25) is 32.1 Å². The summed E-state index contributed by atoms with van der Waals surface area (Å²) in [7, 11) is -3.37. The lowest BCUT2D eigenvalue weighted by Crippen LogP contribution is -2.33. The van der Waals surface area contributed by atoms with Crippen molar-refractivity contribution in [1.82, 2.24) is 49.3 Å². The van der Waals surface area contributed by atoms with Gasteiger partial charge in [-0.15, -0.1) is 0 Å². The second-order valence-corrected chi connectivity index (χ2v) is 18.7. The number of alkyl halides is 6. The summed E-state index contributed by atoms with van der Waals surface area (Å²) < 4.78 is 113. The summed E-state index contributed by atoms with van der Waals surface area (Å²) in [5, 5.41) is 15.7. The van der Waals surface area contributed by atoms with Crippen molar-refractivity contribution >= 4 is 44.1 Å². The molecule has 2 aromatic carbocycles. The van der Waals surface area contributed by atoms with Gasteiger partial charge >= 0.3 is 20.6 Å². The number of carbonyl (C=O) groups is 2. The maximum Gasteiger partial charge on any atom is 0.416 e. The van der Waals surface area contributed by atoms with Gasteiger partial charge in [-0.25, -0.2) is 20.0 Å². The number of amidine groups is 2. The third-order valence-electron chi connectivity index (χ3n) is 12.4. The molecule has 17 nitrogen and oxygen atoms in total. The van der Waals surface area contributed by atoms with Crippen molar-refractivity contribution in [3.05, 3.63) is 107 Å². The average Bonchev–Trinajstić information content (AvgIpc) is 4.20. The molecule has 24 heteroatoms. The zero-order chi connectivity index (χ0) is 48.7. The number of halogens is 6. The van der Waals surface area contributed by atoms with E-state index in [1.165, 1.54) is 33.9 Å². The molecule has 10 rings (SSSR count). The Morgan fingerprint density at radius 3 is 1.47 bits per heavy atom. The molecule has 0 radical (unpaired) electrons. The van der Waals surface area contributed by atoms with Gasteiger partial charge in [0.15, 0.2) is 11.6 Å². The molecule has 2 aliphatic heterocycles. The number of aldehydes is 2. The van der Waals surface area contributed by atoms with E-state index in [0.29, 0.717) is 69.8 Å². The summed E-state index contributed by atoms with van der Waals surface area (Å²) in [4.78, 5) is 42.8. The molecule has 0 saturated heterocycles. The van der Waals surface area contributed by atoms with E-state index >= 15 is 0 Å². The van der Waals surface area contributed by atoms with Gasteiger partial charge in [0.1, 0.15) is 60.7 Å². The second kappa shape index (κ2) is 19.2. The SMILES string of the molecule is O=CCCC1NC(C2CC2)=Nc2c1nc(-c1cnn(Cc3cccc(C(F)(F)F)c3)c1)n2CO[PH](=O)OCn1c(-c2cnn(Cc3cccc(C(F)(F)F)c3)c2)nc2c1N=C(C1CC1)NC2CCC=O. The standard InChI is InChI=1S/C46H45F6N12O5P/c47-45(48,49)33-7-1-5-27(17-33)21-61-23-31(19-53-61)41-57-37-35(9-3-15-65)55-39(29-11-12-29)59-43(37)63(41)25-68-70(67)69-26-64-42(58-38-36(10-4-16-66)56-40(30-13-14-30)60-44(38)64)32-20-54-62(24-32)22-28-6-2-8-34(18-28)46(50,51)52/h1-2,5-8,15-20,23-24,29-30,35-36,70H,3-4,9-14,21-22,25-26H2,(H,55,59)(H,56,60). The molecule has 4 aliphatic rings. The van der Waals surface area contributed by atoms with Crippen LogP contribution < -0.4 is 10.6 Å². The van der Waals surface area contributed by atoms with Gasteiger partial charge in [0.2, 0.25) is 0 Å². The van der Waals surface area contributed by atoms with Crippen LogP contribution in [0.25, 0.3) is 22.8 Å². The van der Waals surface area contributed by atoms with E-state index in [-0.39, 0.29) is 51.2 Å². The van der Waals surface area contributed by atoms with E-state index in [0.717, 1.165) is 74.2 Å². The number of hydrogen-bond donors (Lipinski definition) is 2. The lowest BCUT2D eigenvalue weighted by atomic mass is 10.1. The highest BCUT2D eigenvalue weighted by atomic mass is 31.1. The molecule has 0 amide bonds. The van der Waals surface area contributed by atoms with Crippen LogP contribution in [0.5, 0.6) is 0 Å². The molecule has 6 aromatic rings. The molecule has 0 spiro atoms. The molecular weight excluding hydrogens is 946 g/mol. The van der Waals surface area contributed by atoms with Crippen LogP contribution in [0.15, 0.2) is 83.3 Å². The smallest absolute Gasteiger partial charge is 0.365 e. The first-order valence-electron chi connectivity index (χ1n) is 22.7. The zero-order valence-corrected chi connectivity index (χ0v) is 38.2. The van der Waals surface area contributed by atoms with Gasteiger partial charge in [0, 0.05) is 37.1 Å². The Balaban J connectivity index is 0.939. The normalized spacial score (nSPS) is 18.3. The van der Waals surface area contributed by atoms with Crippen LogP contribution in [-0.2, 0) is 62.1 Å². The Hall–Kier alpha value is -6.71. The first kappa shape index (κ1) is 47.0. The third-order valence-corrected chi connectivity index (χ3v) is 13.1. The highest BCUT2D eigenvalue weighted by Gasteiger charge is 2.38. The van der Waals surface area contributed by atoms with Crippen molar-refractivity contribution in [3.63, 3.8) is 0 Å². The number of benzene rings is 2. The Bertz CT molecular complexity index is 2820. The summed E-state index contributed by atoms with van der Waals surface area (Å²) in [6, 6.07) is 9.13. The molecule has 6 heterocycles. The fourth-order valence-electron chi connectivity index (χ4n) is 8.59. The summed E-state index contributed by atoms with van der Waals surface area (Å²) in [5.41, 5.74) is 1.14. The van der Waals surface area contributed by atoms with Crippen molar-refractivity contribution in [2.45, 2.75) is 102 Å². The first-order chi connectivity index (χ1) is 33.7. The number of imidazole rings is 2. The van der Waals surface area contributed by atoms with Crippen molar-refractivity contribution in [3.8, 4) is 22.8 Å². The van der Waals surface area contributed by atoms with E-state index in [1.807, 2.05) is 0 Å². The van der Waals surface area contributed by atoms with Gasteiger partial charge in [-0.1, -0.05) is 24.3 Å². The summed E-state index contributed by atoms with van der Waals surface area (Å²) >= 11 is 0. The summed E-state index contributed by atoms with van der Waals surface area (Å²) in [6.45, 7) is -0.691. The Morgan fingerprint density at radius 1 is 0.657 bits per heavy atom. The second-order valence-electron chi connectivity index (χ2n) is 17.6. The van der Waals surface area contributed by atoms with Gasteiger partial charge in [0.25, 0.3) is 0 Å². The molecule has 0 bridgehead atoms.